The van der Waals surface area contributed by atoms with Gasteiger partial charge in [0.25, 0.3) is 0 Å². The smallest absolute Gasteiger partial charge is 0.0154 e. The van der Waals surface area contributed by atoms with Crippen molar-refractivity contribution in [2.45, 2.75) is 63.8 Å². The van der Waals surface area contributed by atoms with Gasteiger partial charge in [0.2, 0.25) is 0 Å². The number of hydrogen-bond acceptors (Lipinski definition) is 2. The van der Waals surface area contributed by atoms with Gasteiger partial charge in [0.15, 0.2) is 0 Å². The van der Waals surface area contributed by atoms with Crippen LogP contribution in [0.5, 0.6) is 0 Å². The first-order chi connectivity index (χ1) is 6.77. The lowest BCUT2D eigenvalue weighted by Gasteiger charge is -2.27. The third-order valence-electron chi connectivity index (χ3n) is 3.27. The predicted octanol–water partition coefficient (Wildman–Crippen LogP) is 3.57. The van der Waals surface area contributed by atoms with E-state index < -0.39 is 0 Å². The molecule has 1 fully saturated rings. The van der Waals surface area contributed by atoms with Crippen LogP contribution in [0.4, 0.5) is 0 Å². The standard InChI is InChI=1S/C12H25NS/c1-2-14-11-7-10-12(13)8-5-3-4-6-9-12/h2-11,13H2,1H3. The molecule has 0 amide bonds. The molecule has 1 aliphatic rings. The number of hydrogen-bond donors (Lipinski definition) is 1. The normalized spacial score (nSPS) is 21.9. The van der Waals surface area contributed by atoms with Gasteiger partial charge in [0, 0.05) is 5.54 Å². The molecule has 1 saturated carbocycles. The van der Waals surface area contributed by atoms with E-state index in [1.54, 1.807) is 0 Å². The highest BCUT2D eigenvalue weighted by Crippen LogP contribution is 2.29. The largest absolute Gasteiger partial charge is 0.325 e. The first kappa shape index (κ1) is 12.4. The van der Waals surface area contributed by atoms with Crippen molar-refractivity contribution in [3.05, 3.63) is 0 Å². The maximum absolute atomic E-state index is 6.43. The van der Waals surface area contributed by atoms with Crippen molar-refractivity contribution in [3.63, 3.8) is 0 Å². The van der Waals surface area contributed by atoms with Crippen molar-refractivity contribution < 1.29 is 0 Å². The van der Waals surface area contributed by atoms with Crippen LogP contribution < -0.4 is 5.73 Å². The van der Waals surface area contributed by atoms with E-state index in [2.05, 4.69) is 6.92 Å². The Kier molecular flexibility index (Phi) is 5.95. The second-order valence-corrected chi connectivity index (χ2v) is 5.97. The molecule has 0 spiro atoms. The SMILES string of the molecule is CCSCCCC1(N)CCCCCC1. The Morgan fingerprint density at radius 1 is 1.14 bits per heavy atom. The summed E-state index contributed by atoms with van der Waals surface area (Å²) in [5.74, 6) is 2.55. The molecule has 0 heterocycles. The molecule has 0 aromatic heterocycles. The molecule has 0 aromatic rings. The highest BCUT2D eigenvalue weighted by molar-refractivity contribution is 7.99. The summed E-state index contributed by atoms with van der Waals surface area (Å²) in [7, 11) is 0. The fourth-order valence-electron chi connectivity index (χ4n) is 2.35. The first-order valence-corrected chi connectivity index (χ1v) is 7.29. The molecule has 1 aliphatic carbocycles. The van der Waals surface area contributed by atoms with Gasteiger partial charge in [-0.1, -0.05) is 32.6 Å². The summed E-state index contributed by atoms with van der Waals surface area (Å²) in [6.45, 7) is 2.23. The summed E-state index contributed by atoms with van der Waals surface area (Å²) in [6, 6.07) is 0. The molecule has 0 saturated heterocycles. The zero-order valence-electron chi connectivity index (χ0n) is 9.56. The van der Waals surface area contributed by atoms with Crippen molar-refractivity contribution in [1.82, 2.24) is 0 Å². The Bertz CT molecular complexity index is 139. The zero-order valence-corrected chi connectivity index (χ0v) is 10.4. The molecule has 0 unspecified atom stereocenters. The Hall–Kier alpha value is 0.310. The summed E-state index contributed by atoms with van der Waals surface area (Å²) in [4.78, 5) is 0. The van der Waals surface area contributed by atoms with E-state index in [1.165, 1.54) is 62.9 Å². The van der Waals surface area contributed by atoms with E-state index in [4.69, 9.17) is 5.73 Å². The monoisotopic (exact) mass is 215 g/mol. The summed E-state index contributed by atoms with van der Waals surface area (Å²) in [6.07, 6.45) is 10.6. The Balaban J connectivity index is 2.17. The average Bonchev–Trinajstić information content (AvgIpc) is 2.39. The second kappa shape index (κ2) is 6.73. The topological polar surface area (TPSA) is 26.0 Å². The van der Waals surface area contributed by atoms with Crippen LogP contribution in [-0.2, 0) is 0 Å². The lowest BCUT2D eigenvalue weighted by atomic mass is 9.87. The maximum atomic E-state index is 6.43. The fraction of sp³-hybridized carbons (Fsp3) is 1.00. The third-order valence-corrected chi connectivity index (χ3v) is 4.25. The average molecular weight is 215 g/mol. The molecule has 0 atom stereocenters. The van der Waals surface area contributed by atoms with Crippen molar-refractivity contribution in [1.29, 1.82) is 0 Å². The molecule has 84 valence electrons. The van der Waals surface area contributed by atoms with E-state index in [0.717, 1.165) is 0 Å². The Labute approximate surface area is 93.2 Å². The molecule has 0 radical (unpaired) electrons. The highest BCUT2D eigenvalue weighted by Gasteiger charge is 2.25. The molecule has 1 nitrogen and oxygen atoms in total. The lowest BCUT2D eigenvalue weighted by molar-refractivity contribution is 0.343. The van der Waals surface area contributed by atoms with Crippen LogP contribution in [-0.4, -0.2) is 17.0 Å². The van der Waals surface area contributed by atoms with Crippen LogP contribution in [0.15, 0.2) is 0 Å². The molecule has 14 heavy (non-hydrogen) atoms. The van der Waals surface area contributed by atoms with Crippen LogP contribution in [0.1, 0.15) is 58.3 Å². The van der Waals surface area contributed by atoms with Gasteiger partial charge in [-0.05, 0) is 37.2 Å². The molecule has 2 heteroatoms. The van der Waals surface area contributed by atoms with Gasteiger partial charge >= 0.3 is 0 Å². The van der Waals surface area contributed by atoms with Gasteiger partial charge in [-0.3, -0.25) is 0 Å². The van der Waals surface area contributed by atoms with Crippen LogP contribution in [0.3, 0.4) is 0 Å². The Morgan fingerprint density at radius 3 is 2.36 bits per heavy atom. The van der Waals surface area contributed by atoms with E-state index in [1.807, 2.05) is 11.8 Å². The zero-order chi connectivity index (χ0) is 10.3. The lowest BCUT2D eigenvalue weighted by Crippen LogP contribution is -2.39. The molecule has 1 rings (SSSR count). The highest BCUT2D eigenvalue weighted by atomic mass is 32.2. The second-order valence-electron chi connectivity index (χ2n) is 4.58. The minimum Gasteiger partial charge on any atom is -0.325 e. The summed E-state index contributed by atoms with van der Waals surface area (Å²) >= 11 is 2.05. The van der Waals surface area contributed by atoms with Crippen molar-refractivity contribution in [2.24, 2.45) is 5.73 Å². The van der Waals surface area contributed by atoms with Crippen LogP contribution in [0.2, 0.25) is 0 Å². The van der Waals surface area contributed by atoms with E-state index in [0.29, 0.717) is 0 Å². The quantitative estimate of drug-likeness (QED) is 0.560. The minimum atomic E-state index is 0.199. The van der Waals surface area contributed by atoms with Gasteiger partial charge in [-0.2, -0.15) is 11.8 Å². The molecule has 2 N–H and O–H groups in total. The number of thioether (sulfide) groups is 1. The number of nitrogens with two attached hydrogens (primary N) is 1. The summed E-state index contributed by atoms with van der Waals surface area (Å²) in [5.41, 5.74) is 6.63. The van der Waals surface area contributed by atoms with Crippen LogP contribution >= 0.6 is 11.8 Å². The molecular formula is C12H25NS. The van der Waals surface area contributed by atoms with E-state index in [9.17, 15) is 0 Å². The van der Waals surface area contributed by atoms with Gasteiger partial charge in [0.1, 0.15) is 0 Å². The summed E-state index contributed by atoms with van der Waals surface area (Å²) < 4.78 is 0. The van der Waals surface area contributed by atoms with E-state index >= 15 is 0 Å². The maximum Gasteiger partial charge on any atom is 0.0154 e. The van der Waals surface area contributed by atoms with Gasteiger partial charge in [0.05, 0.1) is 0 Å². The van der Waals surface area contributed by atoms with E-state index in [-0.39, 0.29) is 5.54 Å². The molecular weight excluding hydrogens is 190 g/mol. The van der Waals surface area contributed by atoms with Crippen molar-refractivity contribution in [3.8, 4) is 0 Å². The van der Waals surface area contributed by atoms with Crippen LogP contribution in [0, 0.1) is 0 Å². The predicted molar refractivity (Wildman–Crippen MR) is 66.9 cm³/mol. The van der Waals surface area contributed by atoms with Crippen molar-refractivity contribution in [2.75, 3.05) is 11.5 Å². The first-order valence-electron chi connectivity index (χ1n) is 6.13. The van der Waals surface area contributed by atoms with Gasteiger partial charge < -0.3 is 5.73 Å². The minimum absolute atomic E-state index is 0.199. The molecule has 0 bridgehead atoms. The van der Waals surface area contributed by atoms with Crippen molar-refractivity contribution >= 4 is 11.8 Å². The fourth-order valence-corrected chi connectivity index (χ4v) is 2.99. The third kappa shape index (κ3) is 4.70. The summed E-state index contributed by atoms with van der Waals surface area (Å²) in [5, 5.41) is 0. The van der Waals surface area contributed by atoms with Gasteiger partial charge in [-0.25, -0.2) is 0 Å². The molecule has 0 aliphatic heterocycles. The molecule has 0 aromatic carbocycles. The van der Waals surface area contributed by atoms with Gasteiger partial charge in [-0.15, -0.1) is 0 Å². The van der Waals surface area contributed by atoms with Crippen LogP contribution in [0.25, 0.3) is 0 Å². The Morgan fingerprint density at radius 2 is 1.79 bits per heavy atom. The number of rotatable bonds is 5.